The molecular formula is C18H17NO3. The molecule has 0 saturated heterocycles. The average molecular weight is 295 g/mol. The average Bonchev–Trinajstić information content (AvgIpc) is 2.49. The number of amides is 1. The van der Waals surface area contributed by atoms with Gasteiger partial charge in [0, 0.05) is 5.57 Å². The number of aromatic carboxylic acids is 1. The van der Waals surface area contributed by atoms with Gasteiger partial charge in [0.05, 0.1) is 11.3 Å². The minimum atomic E-state index is -1.07. The summed E-state index contributed by atoms with van der Waals surface area (Å²) in [5.41, 5.74) is 2.93. The SMILES string of the molecule is C/C(=C\c1ccc(C)cc1)C(=O)Nc1ccccc1C(=O)O. The van der Waals surface area contributed by atoms with Crippen LogP contribution in [0.15, 0.2) is 54.1 Å². The van der Waals surface area contributed by atoms with Crippen LogP contribution in [-0.4, -0.2) is 17.0 Å². The van der Waals surface area contributed by atoms with Gasteiger partial charge >= 0.3 is 5.97 Å². The number of carbonyl (C=O) groups excluding carboxylic acids is 1. The lowest BCUT2D eigenvalue weighted by molar-refractivity contribution is -0.112. The Hall–Kier alpha value is -2.88. The van der Waals surface area contributed by atoms with Crippen molar-refractivity contribution >= 4 is 23.6 Å². The first-order valence-electron chi connectivity index (χ1n) is 6.86. The third-order valence-corrected chi connectivity index (χ3v) is 3.22. The minimum absolute atomic E-state index is 0.0685. The van der Waals surface area contributed by atoms with Gasteiger partial charge in [-0.25, -0.2) is 4.79 Å². The lowest BCUT2D eigenvalue weighted by atomic mass is 10.1. The molecule has 0 spiro atoms. The molecule has 112 valence electrons. The molecule has 2 aromatic rings. The van der Waals surface area contributed by atoms with Crippen LogP contribution in [0.5, 0.6) is 0 Å². The van der Waals surface area contributed by atoms with Crippen LogP contribution in [0.1, 0.15) is 28.4 Å². The second kappa shape index (κ2) is 6.72. The molecule has 4 heteroatoms. The first-order valence-corrected chi connectivity index (χ1v) is 6.86. The van der Waals surface area contributed by atoms with E-state index in [9.17, 15) is 9.59 Å². The molecule has 0 atom stereocenters. The molecular weight excluding hydrogens is 278 g/mol. The van der Waals surface area contributed by atoms with E-state index in [4.69, 9.17) is 5.11 Å². The van der Waals surface area contributed by atoms with Crippen LogP contribution < -0.4 is 5.32 Å². The van der Waals surface area contributed by atoms with Crippen LogP contribution in [0, 0.1) is 6.92 Å². The van der Waals surface area contributed by atoms with E-state index in [0.717, 1.165) is 11.1 Å². The van der Waals surface area contributed by atoms with E-state index >= 15 is 0 Å². The predicted molar refractivity (Wildman–Crippen MR) is 86.9 cm³/mol. The van der Waals surface area contributed by atoms with Gasteiger partial charge < -0.3 is 10.4 Å². The zero-order valence-electron chi connectivity index (χ0n) is 12.5. The summed E-state index contributed by atoms with van der Waals surface area (Å²) in [6.07, 6.45) is 1.76. The summed E-state index contributed by atoms with van der Waals surface area (Å²) in [5, 5.41) is 11.7. The molecule has 0 aromatic heterocycles. The van der Waals surface area contributed by atoms with E-state index < -0.39 is 5.97 Å². The van der Waals surface area contributed by atoms with Crippen molar-refractivity contribution in [2.75, 3.05) is 5.32 Å². The number of hydrogen-bond acceptors (Lipinski definition) is 2. The van der Waals surface area contributed by atoms with Crippen molar-refractivity contribution in [2.45, 2.75) is 13.8 Å². The molecule has 1 amide bonds. The molecule has 2 N–H and O–H groups in total. The highest BCUT2D eigenvalue weighted by atomic mass is 16.4. The van der Waals surface area contributed by atoms with E-state index in [0.29, 0.717) is 5.57 Å². The molecule has 0 aliphatic carbocycles. The molecule has 0 saturated carbocycles. The van der Waals surface area contributed by atoms with Gasteiger partial charge in [0.25, 0.3) is 5.91 Å². The van der Waals surface area contributed by atoms with Crippen molar-refractivity contribution in [3.8, 4) is 0 Å². The summed E-state index contributed by atoms with van der Waals surface area (Å²) in [4.78, 5) is 23.3. The van der Waals surface area contributed by atoms with Crippen molar-refractivity contribution in [1.82, 2.24) is 0 Å². The fraction of sp³-hybridized carbons (Fsp3) is 0.111. The van der Waals surface area contributed by atoms with Crippen molar-refractivity contribution in [3.63, 3.8) is 0 Å². The smallest absolute Gasteiger partial charge is 0.337 e. The number of hydrogen-bond donors (Lipinski definition) is 2. The van der Waals surface area contributed by atoms with E-state index in [1.807, 2.05) is 31.2 Å². The molecule has 0 aliphatic heterocycles. The van der Waals surface area contributed by atoms with Gasteiger partial charge in [-0.05, 0) is 37.6 Å². The summed E-state index contributed by atoms with van der Waals surface area (Å²) < 4.78 is 0. The zero-order valence-corrected chi connectivity index (χ0v) is 12.5. The lowest BCUT2D eigenvalue weighted by Gasteiger charge is -2.08. The molecule has 4 nitrogen and oxygen atoms in total. The quantitative estimate of drug-likeness (QED) is 0.844. The maximum Gasteiger partial charge on any atom is 0.337 e. The Labute approximate surface area is 129 Å². The summed E-state index contributed by atoms with van der Waals surface area (Å²) in [7, 11) is 0. The van der Waals surface area contributed by atoms with Gasteiger partial charge in [-0.2, -0.15) is 0 Å². The normalized spacial score (nSPS) is 11.1. The molecule has 0 radical (unpaired) electrons. The van der Waals surface area contributed by atoms with Crippen molar-refractivity contribution in [1.29, 1.82) is 0 Å². The summed E-state index contributed by atoms with van der Waals surface area (Å²) >= 11 is 0. The number of aryl methyl sites for hydroxylation is 1. The highest BCUT2D eigenvalue weighted by Crippen LogP contribution is 2.16. The maximum absolute atomic E-state index is 12.2. The number of carboxylic acid groups (broad SMARTS) is 1. The Balaban J connectivity index is 2.18. The number of benzene rings is 2. The summed E-state index contributed by atoms with van der Waals surface area (Å²) in [6.45, 7) is 3.69. The van der Waals surface area contributed by atoms with Crippen molar-refractivity contribution in [3.05, 3.63) is 70.8 Å². The molecule has 2 aromatic carbocycles. The third kappa shape index (κ3) is 3.82. The predicted octanol–water partition coefficient (Wildman–Crippen LogP) is 3.74. The number of anilines is 1. The molecule has 0 aliphatic rings. The van der Waals surface area contributed by atoms with Crippen LogP contribution in [0.3, 0.4) is 0 Å². The highest BCUT2D eigenvalue weighted by Gasteiger charge is 2.12. The fourth-order valence-corrected chi connectivity index (χ4v) is 1.98. The van der Waals surface area contributed by atoms with Gasteiger partial charge in [-0.3, -0.25) is 4.79 Å². The largest absolute Gasteiger partial charge is 0.478 e. The molecule has 0 heterocycles. The highest BCUT2D eigenvalue weighted by molar-refractivity contribution is 6.09. The minimum Gasteiger partial charge on any atom is -0.478 e. The van der Waals surface area contributed by atoms with Crippen LogP contribution >= 0.6 is 0 Å². The van der Waals surface area contributed by atoms with E-state index in [1.165, 1.54) is 6.07 Å². The topological polar surface area (TPSA) is 66.4 Å². The lowest BCUT2D eigenvalue weighted by Crippen LogP contribution is -2.15. The molecule has 0 fully saturated rings. The van der Waals surface area contributed by atoms with Crippen LogP contribution in [0.25, 0.3) is 6.08 Å². The Kier molecular flexibility index (Phi) is 4.73. The van der Waals surface area contributed by atoms with Gasteiger partial charge in [0.1, 0.15) is 0 Å². The zero-order chi connectivity index (χ0) is 16.1. The van der Waals surface area contributed by atoms with Crippen LogP contribution in [-0.2, 0) is 4.79 Å². The molecule has 0 unspecified atom stereocenters. The first kappa shape index (κ1) is 15.5. The second-order valence-electron chi connectivity index (χ2n) is 5.04. The Morgan fingerprint density at radius 3 is 2.32 bits per heavy atom. The van der Waals surface area contributed by atoms with E-state index in [2.05, 4.69) is 5.32 Å². The second-order valence-corrected chi connectivity index (χ2v) is 5.04. The molecule has 22 heavy (non-hydrogen) atoms. The Morgan fingerprint density at radius 2 is 1.68 bits per heavy atom. The summed E-state index contributed by atoms with van der Waals surface area (Å²) in [5.74, 6) is -1.40. The van der Waals surface area contributed by atoms with Crippen molar-refractivity contribution in [2.24, 2.45) is 0 Å². The fourth-order valence-electron chi connectivity index (χ4n) is 1.98. The summed E-state index contributed by atoms with van der Waals surface area (Å²) in [6, 6.07) is 14.1. The van der Waals surface area contributed by atoms with Crippen LogP contribution in [0.4, 0.5) is 5.69 Å². The van der Waals surface area contributed by atoms with Crippen molar-refractivity contribution < 1.29 is 14.7 Å². The Bertz CT molecular complexity index is 730. The monoisotopic (exact) mass is 295 g/mol. The third-order valence-electron chi connectivity index (χ3n) is 3.22. The molecule has 2 rings (SSSR count). The first-order chi connectivity index (χ1) is 10.5. The number of rotatable bonds is 4. The number of para-hydroxylation sites is 1. The van der Waals surface area contributed by atoms with E-state index in [-0.39, 0.29) is 17.2 Å². The van der Waals surface area contributed by atoms with Crippen LogP contribution in [0.2, 0.25) is 0 Å². The van der Waals surface area contributed by atoms with E-state index in [1.54, 1.807) is 31.2 Å². The van der Waals surface area contributed by atoms with Gasteiger partial charge in [-0.15, -0.1) is 0 Å². The Morgan fingerprint density at radius 1 is 1.05 bits per heavy atom. The number of carboxylic acids is 1. The maximum atomic E-state index is 12.2. The molecule has 0 bridgehead atoms. The van der Waals surface area contributed by atoms with Gasteiger partial charge in [-0.1, -0.05) is 42.0 Å². The standard InChI is InChI=1S/C18H17NO3/c1-12-7-9-14(10-8-12)11-13(2)17(20)19-16-6-4-3-5-15(16)18(21)22/h3-11H,1-2H3,(H,19,20)(H,21,22)/b13-11+. The number of carbonyl (C=O) groups is 2. The van der Waals surface area contributed by atoms with Gasteiger partial charge in [0.2, 0.25) is 0 Å². The number of nitrogens with one attached hydrogen (secondary N) is 1. The van der Waals surface area contributed by atoms with Gasteiger partial charge in [0.15, 0.2) is 0 Å².